The van der Waals surface area contributed by atoms with Crippen LogP contribution >= 0.6 is 11.5 Å². The highest BCUT2D eigenvalue weighted by atomic mass is 32.1. The van der Waals surface area contributed by atoms with Crippen molar-refractivity contribution in [2.24, 2.45) is 11.7 Å². The highest BCUT2D eigenvalue weighted by Gasteiger charge is 2.28. The first-order valence-corrected chi connectivity index (χ1v) is 6.13. The van der Waals surface area contributed by atoms with Crippen molar-refractivity contribution in [2.45, 2.75) is 45.1 Å². The van der Waals surface area contributed by atoms with E-state index in [1.807, 2.05) is 0 Å². The smallest absolute Gasteiger partial charge is 0.0514 e. The molecule has 1 aliphatic rings. The van der Waals surface area contributed by atoms with Crippen LogP contribution in [0.2, 0.25) is 0 Å². The van der Waals surface area contributed by atoms with Crippen molar-refractivity contribution in [1.82, 2.24) is 4.37 Å². The molecule has 1 fully saturated rings. The van der Waals surface area contributed by atoms with E-state index in [9.17, 15) is 0 Å². The van der Waals surface area contributed by atoms with Crippen molar-refractivity contribution >= 4 is 11.5 Å². The van der Waals surface area contributed by atoms with Crippen molar-refractivity contribution in [1.29, 1.82) is 0 Å². The number of hydrogen-bond donors (Lipinski definition) is 1. The van der Waals surface area contributed by atoms with Gasteiger partial charge in [-0.25, -0.2) is 0 Å². The van der Waals surface area contributed by atoms with Gasteiger partial charge in [0.15, 0.2) is 0 Å². The van der Waals surface area contributed by atoms with E-state index in [0.717, 1.165) is 18.0 Å². The molecule has 0 saturated heterocycles. The molecule has 14 heavy (non-hydrogen) atoms. The van der Waals surface area contributed by atoms with E-state index in [4.69, 9.17) is 5.73 Å². The van der Waals surface area contributed by atoms with Gasteiger partial charge in [-0.2, -0.15) is 4.37 Å². The Hall–Kier alpha value is -0.410. The molecule has 0 radical (unpaired) electrons. The van der Waals surface area contributed by atoms with Crippen molar-refractivity contribution in [2.75, 3.05) is 0 Å². The van der Waals surface area contributed by atoms with Crippen LogP contribution in [-0.2, 0) is 0 Å². The van der Waals surface area contributed by atoms with Crippen LogP contribution in [0.25, 0.3) is 0 Å². The average Bonchev–Trinajstić information content (AvgIpc) is 2.56. The molecule has 78 valence electrons. The summed E-state index contributed by atoms with van der Waals surface area (Å²) in [6.07, 6.45) is 3.60. The predicted octanol–water partition coefficient (Wildman–Crippen LogP) is 2.68. The minimum Gasteiger partial charge on any atom is -0.328 e. The summed E-state index contributed by atoms with van der Waals surface area (Å²) >= 11 is 1.66. The van der Waals surface area contributed by atoms with E-state index in [1.54, 1.807) is 11.5 Å². The average molecular weight is 210 g/mol. The van der Waals surface area contributed by atoms with Crippen LogP contribution in [0.4, 0.5) is 0 Å². The highest BCUT2D eigenvalue weighted by molar-refractivity contribution is 7.05. The van der Waals surface area contributed by atoms with Crippen molar-refractivity contribution < 1.29 is 0 Å². The van der Waals surface area contributed by atoms with Gasteiger partial charge in [-0.05, 0) is 55.6 Å². The fourth-order valence-electron chi connectivity index (χ4n) is 2.31. The van der Waals surface area contributed by atoms with Crippen LogP contribution in [0.1, 0.15) is 42.7 Å². The van der Waals surface area contributed by atoms with Crippen molar-refractivity contribution in [3.8, 4) is 0 Å². The topological polar surface area (TPSA) is 38.9 Å². The van der Waals surface area contributed by atoms with Gasteiger partial charge in [0, 0.05) is 10.9 Å². The lowest BCUT2D eigenvalue weighted by Gasteiger charge is -2.31. The molecule has 2 nitrogen and oxygen atoms in total. The summed E-state index contributed by atoms with van der Waals surface area (Å²) in [7, 11) is 0. The number of aromatic nitrogens is 1. The first-order chi connectivity index (χ1) is 6.66. The number of hydrogen-bond acceptors (Lipinski definition) is 3. The van der Waals surface area contributed by atoms with Gasteiger partial charge in [0.2, 0.25) is 0 Å². The molecule has 1 aromatic heterocycles. The van der Waals surface area contributed by atoms with Crippen molar-refractivity contribution in [3.05, 3.63) is 16.6 Å². The molecule has 0 aliphatic heterocycles. The maximum atomic E-state index is 6.02. The van der Waals surface area contributed by atoms with Gasteiger partial charge >= 0.3 is 0 Å². The number of aryl methyl sites for hydroxylation is 1. The van der Waals surface area contributed by atoms with Crippen LogP contribution in [0, 0.1) is 12.8 Å². The Morgan fingerprint density at radius 1 is 1.50 bits per heavy atom. The van der Waals surface area contributed by atoms with E-state index < -0.39 is 0 Å². The molecular formula is C11H18N2S. The fourth-order valence-corrected chi connectivity index (χ4v) is 3.30. The van der Waals surface area contributed by atoms with Gasteiger partial charge in [-0.3, -0.25) is 0 Å². The molecule has 0 spiro atoms. The summed E-state index contributed by atoms with van der Waals surface area (Å²) in [5.74, 6) is 1.43. The lowest BCUT2D eigenvalue weighted by Crippen LogP contribution is -2.30. The SMILES string of the molecule is Cc1cc(C2CC(N)CCC2C)sn1. The predicted molar refractivity (Wildman–Crippen MR) is 60.6 cm³/mol. The molecule has 3 atom stereocenters. The molecule has 3 heteroatoms. The monoisotopic (exact) mass is 210 g/mol. The van der Waals surface area contributed by atoms with Crippen molar-refractivity contribution in [3.63, 3.8) is 0 Å². The molecular weight excluding hydrogens is 192 g/mol. The van der Waals surface area contributed by atoms with Crippen LogP contribution in [-0.4, -0.2) is 10.4 Å². The van der Waals surface area contributed by atoms with Gasteiger partial charge in [-0.1, -0.05) is 6.92 Å². The molecule has 1 aromatic rings. The number of nitrogens with two attached hydrogens (primary N) is 1. The highest BCUT2D eigenvalue weighted by Crippen LogP contribution is 2.38. The largest absolute Gasteiger partial charge is 0.328 e. The lowest BCUT2D eigenvalue weighted by molar-refractivity contribution is 0.303. The van der Waals surface area contributed by atoms with Gasteiger partial charge in [0.1, 0.15) is 0 Å². The third kappa shape index (κ3) is 1.98. The third-order valence-corrected chi connectivity index (χ3v) is 4.26. The van der Waals surface area contributed by atoms with Crippen LogP contribution in [0.5, 0.6) is 0 Å². The minimum absolute atomic E-state index is 0.401. The normalized spacial score (nSPS) is 33.2. The molecule has 1 heterocycles. The Bertz CT molecular complexity index is 308. The zero-order valence-electron chi connectivity index (χ0n) is 8.86. The second-order valence-corrected chi connectivity index (χ2v) is 5.36. The van der Waals surface area contributed by atoms with Gasteiger partial charge in [0.05, 0.1) is 5.69 Å². The molecule has 0 amide bonds. The zero-order valence-corrected chi connectivity index (χ0v) is 9.68. The summed E-state index contributed by atoms with van der Waals surface area (Å²) in [4.78, 5) is 1.44. The summed E-state index contributed by atoms with van der Waals surface area (Å²) in [5.41, 5.74) is 7.17. The maximum absolute atomic E-state index is 6.02. The van der Waals surface area contributed by atoms with E-state index in [-0.39, 0.29) is 0 Å². The van der Waals surface area contributed by atoms with E-state index in [2.05, 4.69) is 24.3 Å². The second-order valence-electron chi connectivity index (χ2n) is 4.53. The Kier molecular flexibility index (Phi) is 2.88. The Balaban J connectivity index is 2.15. The zero-order chi connectivity index (χ0) is 10.1. The molecule has 1 saturated carbocycles. The Morgan fingerprint density at radius 2 is 2.29 bits per heavy atom. The summed E-state index contributed by atoms with van der Waals surface area (Å²) in [5, 5.41) is 0. The third-order valence-electron chi connectivity index (χ3n) is 3.25. The standard InChI is InChI=1S/C11H18N2S/c1-7-3-4-9(12)6-10(7)11-5-8(2)13-14-11/h5,7,9-10H,3-4,6,12H2,1-2H3. The number of nitrogens with zero attached hydrogens (tertiary/aromatic N) is 1. The second kappa shape index (κ2) is 3.99. The summed E-state index contributed by atoms with van der Waals surface area (Å²) in [6, 6.07) is 2.63. The first kappa shape index (κ1) is 10.1. The molecule has 1 aliphatic carbocycles. The molecule has 0 aromatic carbocycles. The van der Waals surface area contributed by atoms with E-state index in [0.29, 0.717) is 12.0 Å². The fraction of sp³-hybridized carbons (Fsp3) is 0.727. The Labute approximate surface area is 89.7 Å². The van der Waals surface area contributed by atoms with E-state index in [1.165, 1.54) is 17.7 Å². The maximum Gasteiger partial charge on any atom is 0.0514 e. The quantitative estimate of drug-likeness (QED) is 0.774. The minimum atomic E-state index is 0.401. The molecule has 2 rings (SSSR count). The molecule has 0 bridgehead atoms. The van der Waals surface area contributed by atoms with Crippen LogP contribution < -0.4 is 5.73 Å². The first-order valence-electron chi connectivity index (χ1n) is 5.35. The van der Waals surface area contributed by atoms with Gasteiger partial charge < -0.3 is 5.73 Å². The summed E-state index contributed by atoms with van der Waals surface area (Å²) in [6.45, 7) is 4.40. The van der Waals surface area contributed by atoms with Crippen LogP contribution in [0.3, 0.4) is 0 Å². The molecule has 2 N–H and O–H groups in total. The van der Waals surface area contributed by atoms with Gasteiger partial charge in [-0.15, -0.1) is 0 Å². The van der Waals surface area contributed by atoms with E-state index >= 15 is 0 Å². The Morgan fingerprint density at radius 3 is 2.93 bits per heavy atom. The van der Waals surface area contributed by atoms with Crippen LogP contribution in [0.15, 0.2) is 6.07 Å². The van der Waals surface area contributed by atoms with Gasteiger partial charge in [0.25, 0.3) is 0 Å². The molecule has 3 unspecified atom stereocenters. The lowest BCUT2D eigenvalue weighted by atomic mass is 9.77. The number of rotatable bonds is 1. The summed E-state index contributed by atoms with van der Waals surface area (Å²) < 4.78 is 4.35.